The van der Waals surface area contributed by atoms with Gasteiger partial charge >= 0.3 is 5.97 Å². The molecule has 1 aromatic carbocycles. The predicted molar refractivity (Wildman–Crippen MR) is 57.1 cm³/mol. The number of carboxylic acids is 1. The molecule has 78 valence electrons. The van der Waals surface area contributed by atoms with Crippen LogP contribution in [0.25, 0.3) is 11.0 Å². The molecule has 0 saturated carbocycles. The van der Waals surface area contributed by atoms with Crippen molar-refractivity contribution in [3.05, 3.63) is 30.1 Å². The average Bonchev–Trinajstić information content (AvgIpc) is 2.59. The summed E-state index contributed by atoms with van der Waals surface area (Å²) < 4.78 is 1.96. The number of fused-ring (bicyclic) bond motifs is 1. The second kappa shape index (κ2) is 3.38. The van der Waals surface area contributed by atoms with E-state index in [2.05, 4.69) is 4.98 Å². The third-order valence-corrected chi connectivity index (χ3v) is 2.38. The molecule has 0 bridgehead atoms. The smallest absolute Gasteiger partial charge is 0.335 e. The van der Waals surface area contributed by atoms with Crippen molar-refractivity contribution in [3.63, 3.8) is 0 Å². The summed E-state index contributed by atoms with van der Waals surface area (Å²) in [5, 5.41) is 8.88. The molecule has 0 aliphatic carbocycles. The first-order valence-electron chi connectivity index (χ1n) is 4.79. The Labute approximate surface area is 87.2 Å². The third kappa shape index (κ3) is 1.58. The minimum absolute atomic E-state index is 0.277. The number of nitrogens with zero attached hydrogens (tertiary/aromatic N) is 2. The van der Waals surface area contributed by atoms with Gasteiger partial charge in [0, 0.05) is 6.04 Å². The number of imidazole rings is 1. The molecule has 1 N–H and O–H groups in total. The number of carboxylic acid groups (broad SMARTS) is 1. The topological polar surface area (TPSA) is 55.1 Å². The molecule has 4 heteroatoms. The van der Waals surface area contributed by atoms with Gasteiger partial charge in [0.25, 0.3) is 0 Å². The summed E-state index contributed by atoms with van der Waals surface area (Å²) >= 11 is 0. The molecule has 2 aromatic rings. The molecule has 0 saturated heterocycles. The average molecular weight is 204 g/mol. The van der Waals surface area contributed by atoms with Crippen molar-refractivity contribution in [2.75, 3.05) is 0 Å². The highest BCUT2D eigenvalue weighted by Crippen LogP contribution is 2.18. The molecular formula is C11H12N2O2. The van der Waals surface area contributed by atoms with Gasteiger partial charge in [0.15, 0.2) is 0 Å². The molecule has 0 aliphatic rings. The maximum absolute atomic E-state index is 10.8. The lowest BCUT2D eigenvalue weighted by Crippen LogP contribution is -2.00. The molecular weight excluding hydrogens is 192 g/mol. The van der Waals surface area contributed by atoms with Gasteiger partial charge < -0.3 is 9.67 Å². The standard InChI is InChI=1S/C11H12N2O2/c1-7(2)13-6-12-9-4-3-8(11(14)15)5-10(9)13/h3-7H,1-2H3,(H,14,15). The summed E-state index contributed by atoms with van der Waals surface area (Å²) in [5.41, 5.74) is 1.99. The Morgan fingerprint density at radius 3 is 2.80 bits per heavy atom. The Morgan fingerprint density at radius 1 is 1.47 bits per heavy atom. The molecule has 0 spiro atoms. The SMILES string of the molecule is CC(C)n1cnc2ccc(C(=O)O)cc21. The van der Waals surface area contributed by atoms with E-state index in [0.29, 0.717) is 5.56 Å². The van der Waals surface area contributed by atoms with Gasteiger partial charge in [-0.05, 0) is 32.0 Å². The van der Waals surface area contributed by atoms with E-state index in [9.17, 15) is 4.79 Å². The molecule has 0 unspecified atom stereocenters. The van der Waals surface area contributed by atoms with E-state index in [0.717, 1.165) is 11.0 Å². The number of aromatic nitrogens is 2. The summed E-state index contributed by atoms with van der Waals surface area (Å²) in [6.45, 7) is 4.07. The van der Waals surface area contributed by atoms with Gasteiger partial charge in [0.2, 0.25) is 0 Å². The molecule has 1 aromatic heterocycles. The van der Waals surface area contributed by atoms with Gasteiger partial charge in [-0.3, -0.25) is 0 Å². The van der Waals surface area contributed by atoms with E-state index in [4.69, 9.17) is 5.11 Å². The molecule has 0 aliphatic heterocycles. The number of carbonyl (C=O) groups is 1. The van der Waals surface area contributed by atoms with Crippen molar-refractivity contribution in [2.24, 2.45) is 0 Å². The third-order valence-electron chi connectivity index (χ3n) is 2.38. The Hall–Kier alpha value is -1.84. The second-order valence-corrected chi connectivity index (χ2v) is 3.75. The van der Waals surface area contributed by atoms with Gasteiger partial charge in [-0.25, -0.2) is 9.78 Å². The van der Waals surface area contributed by atoms with Crippen LogP contribution in [0, 0.1) is 0 Å². The number of hydrogen-bond acceptors (Lipinski definition) is 2. The maximum Gasteiger partial charge on any atom is 0.335 e. The Kier molecular flexibility index (Phi) is 2.19. The van der Waals surface area contributed by atoms with E-state index < -0.39 is 5.97 Å². The summed E-state index contributed by atoms with van der Waals surface area (Å²) in [7, 11) is 0. The van der Waals surface area contributed by atoms with Crippen LogP contribution in [-0.4, -0.2) is 20.6 Å². The maximum atomic E-state index is 10.8. The highest BCUT2D eigenvalue weighted by atomic mass is 16.4. The Balaban J connectivity index is 2.66. The van der Waals surface area contributed by atoms with Gasteiger partial charge in [-0.2, -0.15) is 0 Å². The zero-order valence-electron chi connectivity index (χ0n) is 8.64. The van der Waals surface area contributed by atoms with E-state index in [1.807, 2.05) is 18.4 Å². The summed E-state index contributed by atoms with van der Waals surface area (Å²) in [5.74, 6) is -0.909. The summed E-state index contributed by atoms with van der Waals surface area (Å²) in [6.07, 6.45) is 1.74. The normalized spacial score (nSPS) is 11.1. The zero-order valence-corrected chi connectivity index (χ0v) is 8.64. The van der Waals surface area contributed by atoms with Crippen LogP contribution in [0.15, 0.2) is 24.5 Å². The van der Waals surface area contributed by atoms with Crippen molar-refractivity contribution in [2.45, 2.75) is 19.9 Å². The van der Waals surface area contributed by atoms with Gasteiger partial charge in [0.1, 0.15) is 0 Å². The number of hydrogen-bond donors (Lipinski definition) is 1. The molecule has 1 heterocycles. The van der Waals surface area contributed by atoms with Crippen LogP contribution in [0.5, 0.6) is 0 Å². The first-order chi connectivity index (χ1) is 7.09. The molecule has 0 radical (unpaired) electrons. The fourth-order valence-electron chi connectivity index (χ4n) is 1.57. The number of aromatic carboxylic acids is 1. The van der Waals surface area contributed by atoms with Crippen molar-refractivity contribution in [1.82, 2.24) is 9.55 Å². The highest BCUT2D eigenvalue weighted by Gasteiger charge is 2.09. The molecule has 0 atom stereocenters. The lowest BCUT2D eigenvalue weighted by Gasteiger charge is -2.07. The van der Waals surface area contributed by atoms with E-state index >= 15 is 0 Å². The first kappa shape index (κ1) is 9.71. The van der Waals surface area contributed by atoms with Crippen LogP contribution in [0.3, 0.4) is 0 Å². The monoisotopic (exact) mass is 204 g/mol. The van der Waals surface area contributed by atoms with Crippen LogP contribution in [-0.2, 0) is 0 Å². The minimum atomic E-state index is -0.909. The minimum Gasteiger partial charge on any atom is -0.478 e. The van der Waals surface area contributed by atoms with E-state index in [-0.39, 0.29) is 6.04 Å². The van der Waals surface area contributed by atoms with Crippen molar-refractivity contribution >= 4 is 17.0 Å². The van der Waals surface area contributed by atoms with Gasteiger partial charge in [-0.1, -0.05) is 0 Å². The molecule has 4 nitrogen and oxygen atoms in total. The largest absolute Gasteiger partial charge is 0.478 e. The second-order valence-electron chi connectivity index (χ2n) is 3.75. The van der Waals surface area contributed by atoms with Crippen LogP contribution in [0.4, 0.5) is 0 Å². The lowest BCUT2D eigenvalue weighted by atomic mass is 10.2. The Bertz CT molecular complexity index is 514. The molecule has 0 amide bonds. The lowest BCUT2D eigenvalue weighted by molar-refractivity contribution is 0.0697. The number of rotatable bonds is 2. The molecule has 2 rings (SSSR count). The summed E-state index contributed by atoms with van der Waals surface area (Å²) in [6, 6.07) is 5.24. The van der Waals surface area contributed by atoms with Crippen LogP contribution in [0.2, 0.25) is 0 Å². The Morgan fingerprint density at radius 2 is 2.20 bits per heavy atom. The fourth-order valence-corrected chi connectivity index (χ4v) is 1.57. The van der Waals surface area contributed by atoms with Gasteiger partial charge in [-0.15, -0.1) is 0 Å². The van der Waals surface area contributed by atoms with Crippen molar-refractivity contribution < 1.29 is 9.90 Å². The first-order valence-corrected chi connectivity index (χ1v) is 4.79. The highest BCUT2D eigenvalue weighted by molar-refractivity contribution is 5.92. The van der Waals surface area contributed by atoms with Crippen molar-refractivity contribution in [3.8, 4) is 0 Å². The molecule has 15 heavy (non-hydrogen) atoms. The number of benzene rings is 1. The van der Waals surface area contributed by atoms with Crippen molar-refractivity contribution in [1.29, 1.82) is 0 Å². The van der Waals surface area contributed by atoms with E-state index in [1.54, 1.807) is 24.5 Å². The quantitative estimate of drug-likeness (QED) is 0.816. The summed E-state index contributed by atoms with van der Waals surface area (Å²) in [4.78, 5) is 15.0. The van der Waals surface area contributed by atoms with Crippen LogP contribution >= 0.6 is 0 Å². The molecule has 0 fully saturated rings. The zero-order chi connectivity index (χ0) is 11.0. The van der Waals surface area contributed by atoms with Gasteiger partial charge in [0.05, 0.1) is 22.9 Å². The van der Waals surface area contributed by atoms with Crippen LogP contribution < -0.4 is 0 Å². The van der Waals surface area contributed by atoms with Crippen LogP contribution in [0.1, 0.15) is 30.2 Å². The predicted octanol–water partition coefficient (Wildman–Crippen LogP) is 2.32. The fraction of sp³-hybridized carbons (Fsp3) is 0.273. The van der Waals surface area contributed by atoms with E-state index in [1.165, 1.54) is 0 Å².